The Bertz CT molecular complexity index is 956. The van der Waals surface area contributed by atoms with Crippen LogP contribution in [0.5, 0.6) is 0 Å². The predicted octanol–water partition coefficient (Wildman–Crippen LogP) is 2.11. The molecule has 2 saturated heterocycles. The van der Waals surface area contributed by atoms with Gasteiger partial charge in [0.2, 0.25) is 23.5 Å². The maximum absolute atomic E-state index is 13.2. The number of rotatable bonds is 4. The van der Waals surface area contributed by atoms with E-state index in [1.54, 1.807) is 18.0 Å². The number of hydrogen-bond acceptors (Lipinski definition) is 7. The van der Waals surface area contributed by atoms with Crippen LogP contribution in [-0.2, 0) is 9.59 Å². The lowest BCUT2D eigenvalue weighted by molar-refractivity contribution is -0.137. The third-order valence-electron chi connectivity index (χ3n) is 5.96. The van der Waals surface area contributed by atoms with E-state index < -0.39 is 0 Å². The Hall–Kier alpha value is -2.84. The van der Waals surface area contributed by atoms with Crippen LogP contribution in [0, 0.1) is 19.8 Å². The number of carbonyl (C=O) groups excluding carboxylic acids is 2. The average Bonchev–Trinajstić information content (AvgIpc) is 3.33. The van der Waals surface area contributed by atoms with E-state index in [1.165, 1.54) is 0 Å². The SMILES string of the molecule is Cc1ncc(-c2noc(C)n2)c([C@H]2CCCN(C(=O)[C@H]3CC(=O)N(C(C)C)C3)C2)n1. The van der Waals surface area contributed by atoms with Gasteiger partial charge in [-0.2, -0.15) is 4.98 Å². The van der Waals surface area contributed by atoms with Gasteiger partial charge in [-0.25, -0.2) is 9.97 Å². The molecule has 2 amide bonds. The molecular formula is C21H28N6O3. The molecule has 0 radical (unpaired) electrons. The van der Waals surface area contributed by atoms with Crippen molar-refractivity contribution in [1.82, 2.24) is 29.9 Å². The first-order valence-electron chi connectivity index (χ1n) is 10.6. The van der Waals surface area contributed by atoms with Gasteiger partial charge in [-0.1, -0.05) is 5.16 Å². The largest absolute Gasteiger partial charge is 0.342 e. The van der Waals surface area contributed by atoms with Gasteiger partial charge >= 0.3 is 0 Å². The van der Waals surface area contributed by atoms with Gasteiger partial charge in [0, 0.05) is 51.1 Å². The summed E-state index contributed by atoms with van der Waals surface area (Å²) in [7, 11) is 0. The van der Waals surface area contributed by atoms with E-state index in [0.29, 0.717) is 43.6 Å². The predicted molar refractivity (Wildman–Crippen MR) is 108 cm³/mol. The van der Waals surface area contributed by atoms with Gasteiger partial charge in [0.1, 0.15) is 5.82 Å². The number of piperidine rings is 1. The zero-order valence-electron chi connectivity index (χ0n) is 18.0. The maximum atomic E-state index is 13.2. The molecule has 0 spiro atoms. The Morgan fingerprint density at radius 3 is 2.70 bits per heavy atom. The molecule has 0 aliphatic carbocycles. The summed E-state index contributed by atoms with van der Waals surface area (Å²) in [4.78, 5) is 42.5. The summed E-state index contributed by atoms with van der Waals surface area (Å²) in [6.45, 7) is 9.37. The molecule has 0 bridgehead atoms. The average molecular weight is 412 g/mol. The monoisotopic (exact) mass is 412 g/mol. The summed E-state index contributed by atoms with van der Waals surface area (Å²) in [6, 6.07) is 0.120. The summed E-state index contributed by atoms with van der Waals surface area (Å²) >= 11 is 0. The molecule has 4 rings (SSSR count). The van der Waals surface area contributed by atoms with Crippen LogP contribution in [0.1, 0.15) is 56.4 Å². The van der Waals surface area contributed by atoms with Crippen molar-refractivity contribution in [3.05, 3.63) is 23.6 Å². The highest BCUT2D eigenvalue weighted by Gasteiger charge is 2.39. The standard InChI is InChI=1S/C21H28N6O3/c1-12(2)27-11-16(8-18(27)28)21(29)26-7-5-6-15(10-26)19-17(9-22-13(3)23-19)20-24-14(4)30-25-20/h9,12,15-16H,5-8,10-11H2,1-4H3/t15-,16-/m0/s1. The molecule has 2 aliphatic rings. The van der Waals surface area contributed by atoms with Crippen LogP contribution in [-0.4, -0.2) is 67.4 Å². The van der Waals surface area contributed by atoms with Crippen molar-refractivity contribution in [1.29, 1.82) is 0 Å². The van der Waals surface area contributed by atoms with Gasteiger partial charge in [-0.3, -0.25) is 9.59 Å². The first-order chi connectivity index (χ1) is 14.3. The zero-order valence-corrected chi connectivity index (χ0v) is 18.0. The summed E-state index contributed by atoms with van der Waals surface area (Å²) in [5, 5.41) is 4.03. The Balaban J connectivity index is 1.54. The van der Waals surface area contributed by atoms with E-state index in [4.69, 9.17) is 4.52 Å². The second kappa shape index (κ2) is 8.12. The Morgan fingerprint density at radius 2 is 2.03 bits per heavy atom. The van der Waals surface area contributed by atoms with Crippen molar-refractivity contribution in [3.63, 3.8) is 0 Å². The molecule has 4 heterocycles. The van der Waals surface area contributed by atoms with Gasteiger partial charge in [-0.15, -0.1) is 0 Å². The van der Waals surface area contributed by atoms with Crippen molar-refractivity contribution < 1.29 is 14.1 Å². The molecule has 160 valence electrons. The van der Waals surface area contributed by atoms with Crippen LogP contribution in [0.4, 0.5) is 0 Å². The van der Waals surface area contributed by atoms with Gasteiger partial charge in [0.05, 0.1) is 17.2 Å². The number of amides is 2. The fourth-order valence-electron chi connectivity index (χ4n) is 4.43. The second-order valence-electron chi connectivity index (χ2n) is 8.52. The Kier molecular flexibility index (Phi) is 5.53. The summed E-state index contributed by atoms with van der Waals surface area (Å²) in [5.74, 6) is 1.57. The van der Waals surface area contributed by atoms with E-state index in [-0.39, 0.29) is 29.7 Å². The lowest BCUT2D eigenvalue weighted by Crippen LogP contribution is -2.43. The molecule has 0 aromatic carbocycles. The van der Waals surface area contributed by atoms with Gasteiger partial charge < -0.3 is 14.3 Å². The molecule has 2 atom stereocenters. The normalized spacial score (nSPS) is 22.2. The minimum atomic E-state index is -0.259. The third kappa shape index (κ3) is 3.93. The molecule has 0 unspecified atom stereocenters. The minimum Gasteiger partial charge on any atom is -0.342 e. The van der Waals surface area contributed by atoms with Crippen LogP contribution in [0.15, 0.2) is 10.7 Å². The summed E-state index contributed by atoms with van der Waals surface area (Å²) < 4.78 is 5.14. The quantitative estimate of drug-likeness (QED) is 0.757. The molecule has 2 aliphatic heterocycles. The van der Waals surface area contributed by atoms with Crippen molar-refractivity contribution in [2.45, 2.75) is 58.9 Å². The van der Waals surface area contributed by atoms with Crippen LogP contribution in [0.3, 0.4) is 0 Å². The van der Waals surface area contributed by atoms with Gasteiger partial charge in [0.25, 0.3) is 0 Å². The van der Waals surface area contributed by atoms with Crippen molar-refractivity contribution in [2.24, 2.45) is 5.92 Å². The highest BCUT2D eigenvalue weighted by Crippen LogP contribution is 2.33. The number of aryl methyl sites for hydroxylation is 2. The first-order valence-corrected chi connectivity index (χ1v) is 10.6. The third-order valence-corrected chi connectivity index (χ3v) is 5.96. The van der Waals surface area contributed by atoms with Crippen molar-refractivity contribution >= 4 is 11.8 Å². The minimum absolute atomic E-state index is 0.0662. The van der Waals surface area contributed by atoms with Crippen molar-refractivity contribution in [2.75, 3.05) is 19.6 Å². The van der Waals surface area contributed by atoms with Crippen LogP contribution in [0.25, 0.3) is 11.4 Å². The molecule has 2 fully saturated rings. The molecule has 2 aromatic heterocycles. The van der Waals surface area contributed by atoms with E-state index >= 15 is 0 Å². The first kappa shape index (κ1) is 20.4. The Morgan fingerprint density at radius 1 is 1.23 bits per heavy atom. The van der Waals surface area contributed by atoms with Crippen molar-refractivity contribution in [3.8, 4) is 11.4 Å². The molecule has 0 saturated carbocycles. The maximum Gasteiger partial charge on any atom is 0.228 e. The second-order valence-corrected chi connectivity index (χ2v) is 8.52. The summed E-state index contributed by atoms with van der Waals surface area (Å²) in [5.41, 5.74) is 1.60. The van der Waals surface area contributed by atoms with E-state index in [2.05, 4.69) is 20.1 Å². The van der Waals surface area contributed by atoms with Gasteiger partial charge in [0.15, 0.2) is 0 Å². The van der Waals surface area contributed by atoms with Crippen LogP contribution < -0.4 is 0 Å². The smallest absolute Gasteiger partial charge is 0.228 e. The molecule has 0 N–H and O–H groups in total. The number of aromatic nitrogens is 4. The van der Waals surface area contributed by atoms with E-state index in [1.807, 2.05) is 25.7 Å². The van der Waals surface area contributed by atoms with Crippen LogP contribution in [0.2, 0.25) is 0 Å². The fraction of sp³-hybridized carbons (Fsp3) is 0.619. The number of nitrogens with zero attached hydrogens (tertiary/aromatic N) is 6. The lowest BCUT2D eigenvalue weighted by atomic mass is 9.91. The van der Waals surface area contributed by atoms with Crippen LogP contribution >= 0.6 is 0 Å². The number of hydrogen-bond donors (Lipinski definition) is 0. The molecule has 9 nitrogen and oxygen atoms in total. The molecule has 9 heteroatoms. The Labute approximate surface area is 175 Å². The zero-order chi connectivity index (χ0) is 21.4. The van der Waals surface area contributed by atoms with E-state index in [9.17, 15) is 9.59 Å². The number of carbonyl (C=O) groups is 2. The molecular weight excluding hydrogens is 384 g/mol. The summed E-state index contributed by atoms with van der Waals surface area (Å²) in [6.07, 6.45) is 3.85. The molecule has 2 aromatic rings. The fourth-order valence-corrected chi connectivity index (χ4v) is 4.43. The number of likely N-dealkylation sites (tertiary alicyclic amines) is 2. The van der Waals surface area contributed by atoms with E-state index in [0.717, 1.165) is 24.1 Å². The topological polar surface area (TPSA) is 105 Å². The lowest BCUT2D eigenvalue weighted by Gasteiger charge is -2.34. The highest BCUT2D eigenvalue weighted by atomic mass is 16.5. The highest BCUT2D eigenvalue weighted by molar-refractivity contribution is 5.89. The molecule has 30 heavy (non-hydrogen) atoms. The van der Waals surface area contributed by atoms with Gasteiger partial charge in [-0.05, 0) is 33.6 Å².